The van der Waals surface area contributed by atoms with Crippen molar-refractivity contribution < 1.29 is 4.79 Å². The Morgan fingerprint density at radius 1 is 1.23 bits per heavy atom. The van der Waals surface area contributed by atoms with Gasteiger partial charge in [0.25, 0.3) is 11.5 Å². The SMILES string of the molecule is Cn1c(=O)c2ccc(C(=O)Nc3nncs3)nc2n(C)c1=O. The van der Waals surface area contributed by atoms with E-state index in [4.69, 9.17) is 0 Å². The minimum atomic E-state index is -0.508. The number of nitrogens with zero attached hydrogens (tertiary/aromatic N) is 5. The molecule has 112 valence electrons. The van der Waals surface area contributed by atoms with Crippen LogP contribution in [0.3, 0.4) is 0 Å². The number of rotatable bonds is 2. The number of carbonyl (C=O) groups is 1. The van der Waals surface area contributed by atoms with Crippen molar-refractivity contribution >= 4 is 33.4 Å². The Kier molecular flexibility index (Phi) is 3.29. The highest BCUT2D eigenvalue weighted by molar-refractivity contribution is 7.13. The van der Waals surface area contributed by atoms with E-state index in [0.29, 0.717) is 5.13 Å². The molecule has 3 heterocycles. The van der Waals surface area contributed by atoms with Gasteiger partial charge in [0.1, 0.15) is 16.9 Å². The number of amides is 1. The van der Waals surface area contributed by atoms with Crippen LogP contribution in [0.5, 0.6) is 0 Å². The Hall–Kier alpha value is -2.88. The van der Waals surface area contributed by atoms with Gasteiger partial charge in [0, 0.05) is 14.1 Å². The predicted molar refractivity (Wildman–Crippen MR) is 80.1 cm³/mol. The van der Waals surface area contributed by atoms with Gasteiger partial charge in [0.2, 0.25) is 5.13 Å². The van der Waals surface area contributed by atoms with Gasteiger partial charge in [-0.3, -0.25) is 24.0 Å². The number of nitrogens with one attached hydrogen (secondary N) is 1. The lowest BCUT2D eigenvalue weighted by Gasteiger charge is -2.07. The number of hydrogen-bond acceptors (Lipinski definition) is 7. The summed E-state index contributed by atoms with van der Waals surface area (Å²) in [6.45, 7) is 0. The normalized spacial score (nSPS) is 10.8. The molecule has 0 spiro atoms. The zero-order valence-corrected chi connectivity index (χ0v) is 12.4. The number of aromatic nitrogens is 5. The van der Waals surface area contributed by atoms with E-state index in [2.05, 4.69) is 20.5 Å². The van der Waals surface area contributed by atoms with Gasteiger partial charge in [-0.05, 0) is 12.1 Å². The summed E-state index contributed by atoms with van der Waals surface area (Å²) in [5, 5.41) is 10.4. The highest BCUT2D eigenvalue weighted by Gasteiger charge is 2.14. The molecule has 0 aliphatic rings. The Morgan fingerprint density at radius 3 is 2.68 bits per heavy atom. The maximum absolute atomic E-state index is 12.1. The number of aryl methyl sites for hydroxylation is 1. The fourth-order valence-electron chi connectivity index (χ4n) is 1.97. The first-order valence-electron chi connectivity index (χ1n) is 6.13. The number of hydrogen-bond donors (Lipinski definition) is 1. The molecule has 0 aliphatic carbocycles. The second-order valence-corrected chi connectivity index (χ2v) is 5.30. The smallest absolute Gasteiger partial charge is 0.295 e. The summed E-state index contributed by atoms with van der Waals surface area (Å²) in [6.07, 6.45) is 0. The molecule has 1 N–H and O–H groups in total. The quantitative estimate of drug-likeness (QED) is 0.696. The average Bonchev–Trinajstić information content (AvgIpc) is 3.03. The first kappa shape index (κ1) is 14.1. The Labute approximate surface area is 126 Å². The van der Waals surface area contributed by atoms with E-state index in [9.17, 15) is 14.4 Å². The largest absolute Gasteiger partial charge is 0.332 e. The van der Waals surface area contributed by atoms with Crippen molar-refractivity contribution in [2.45, 2.75) is 0 Å². The number of fused-ring (bicyclic) bond motifs is 1. The van der Waals surface area contributed by atoms with Crippen molar-refractivity contribution in [2.24, 2.45) is 14.1 Å². The summed E-state index contributed by atoms with van der Waals surface area (Å²) in [4.78, 5) is 40.2. The fraction of sp³-hybridized carbons (Fsp3) is 0.167. The molecule has 0 atom stereocenters. The molecule has 0 bridgehead atoms. The van der Waals surface area contributed by atoms with Crippen molar-refractivity contribution in [3.8, 4) is 0 Å². The van der Waals surface area contributed by atoms with Crippen LogP contribution in [0.25, 0.3) is 11.0 Å². The van der Waals surface area contributed by atoms with E-state index in [1.54, 1.807) is 0 Å². The maximum atomic E-state index is 12.1. The van der Waals surface area contributed by atoms with Gasteiger partial charge in [-0.2, -0.15) is 0 Å². The van der Waals surface area contributed by atoms with E-state index in [0.717, 1.165) is 4.57 Å². The first-order valence-corrected chi connectivity index (χ1v) is 7.01. The van der Waals surface area contributed by atoms with Crippen molar-refractivity contribution in [1.82, 2.24) is 24.3 Å². The third-order valence-electron chi connectivity index (χ3n) is 3.11. The Balaban J connectivity index is 2.12. The molecule has 0 fully saturated rings. The molecule has 0 unspecified atom stereocenters. The fourth-order valence-corrected chi connectivity index (χ4v) is 2.41. The monoisotopic (exact) mass is 318 g/mol. The molecule has 0 radical (unpaired) electrons. The van der Waals surface area contributed by atoms with Gasteiger partial charge in [-0.25, -0.2) is 9.78 Å². The second kappa shape index (κ2) is 5.15. The number of carbonyl (C=O) groups excluding carboxylic acids is 1. The average molecular weight is 318 g/mol. The summed E-state index contributed by atoms with van der Waals surface area (Å²) < 4.78 is 2.21. The van der Waals surface area contributed by atoms with Crippen LogP contribution in [0, 0.1) is 0 Å². The topological polar surface area (TPSA) is 112 Å². The first-order chi connectivity index (χ1) is 10.5. The maximum Gasteiger partial charge on any atom is 0.332 e. The van der Waals surface area contributed by atoms with Crippen LogP contribution in [0.4, 0.5) is 5.13 Å². The molecule has 1 amide bonds. The van der Waals surface area contributed by atoms with Crippen LogP contribution in [-0.2, 0) is 14.1 Å². The molecule has 0 saturated heterocycles. The molecule has 0 aromatic carbocycles. The van der Waals surface area contributed by atoms with Crippen molar-refractivity contribution in [2.75, 3.05) is 5.32 Å². The van der Waals surface area contributed by atoms with Gasteiger partial charge < -0.3 is 0 Å². The minimum Gasteiger partial charge on any atom is -0.295 e. The van der Waals surface area contributed by atoms with E-state index in [1.165, 1.54) is 47.6 Å². The van der Waals surface area contributed by atoms with Gasteiger partial charge >= 0.3 is 5.69 Å². The molecule has 3 aromatic heterocycles. The van der Waals surface area contributed by atoms with Gasteiger partial charge in [-0.1, -0.05) is 11.3 Å². The van der Waals surface area contributed by atoms with Crippen LogP contribution in [0.15, 0.2) is 27.2 Å². The summed E-state index contributed by atoms with van der Waals surface area (Å²) >= 11 is 1.17. The van der Waals surface area contributed by atoms with E-state index >= 15 is 0 Å². The Bertz CT molecular complexity index is 988. The molecule has 0 saturated carbocycles. The standard InChI is InChI=1S/C12H10N6O3S/c1-17-8-6(10(20)18(2)12(17)21)3-4-7(14-8)9(19)15-11-16-13-5-22-11/h3-5H,1-2H3,(H,15,16,19). The molecule has 3 aromatic rings. The predicted octanol–water partition coefficient (Wildman–Crippen LogP) is -0.264. The van der Waals surface area contributed by atoms with E-state index in [1.807, 2.05) is 0 Å². The summed E-state index contributed by atoms with van der Waals surface area (Å²) in [6, 6.07) is 2.89. The van der Waals surface area contributed by atoms with Crippen molar-refractivity contribution in [3.05, 3.63) is 44.2 Å². The second-order valence-electron chi connectivity index (χ2n) is 4.47. The summed E-state index contributed by atoms with van der Waals surface area (Å²) in [5.74, 6) is -0.494. The molecule has 22 heavy (non-hydrogen) atoms. The summed E-state index contributed by atoms with van der Waals surface area (Å²) in [5.41, 5.74) is 0.744. The van der Waals surface area contributed by atoms with Crippen molar-refractivity contribution in [3.63, 3.8) is 0 Å². The summed E-state index contributed by atoms with van der Waals surface area (Å²) in [7, 11) is 2.88. The molecular weight excluding hydrogens is 308 g/mol. The third kappa shape index (κ3) is 2.19. The molecule has 9 nitrogen and oxygen atoms in total. The van der Waals surface area contributed by atoms with E-state index in [-0.39, 0.29) is 16.7 Å². The Morgan fingerprint density at radius 2 is 2.00 bits per heavy atom. The zero-order chi connectivity index (χ0) is 15.9. The molecular formula is C12H10N6O3S. The van der Waals surface area contributed by atoms with Crippen LogP contribution >= 0.6 is 11.3 Å². The zero-order valence-electron chi connectivity index (χ0n) is 11.6. The highest BCUT2D eigenvalue weighted by atomic mass is 32.1. The number of anilines is 1. The van der Waals surface area contributed by atoms with Crippen molar-refractivity contribution in [1.29, 1.82) is 0 Å². The lowest BCUT2D eigenvalue weighted by molar-refractivity contribution is 0.102. The van der Waals surface area contributed by atoms with Crippen LogP contribution < -0.4 is 16.6 Å². The van der Waals surface area contributed by atoms with E-state index < -0.39 is 17.2 Å². The van der Waals surface area contributed by atoms with Gasteiger partial charge in [0.05, 0.1) is 5.39 Å². The molecule has 0 aliphatic heterocycles. The van der Waals surface area contributed by atoms with Crippen LogP contribution in [0.1, 0.15) is 10.5 Å². The highest BCUT2D eigenvalue weighted by Crippen LogP contribution is 2.11. The molecule has 10 heteroatoms. The van der Waals surface area contributed by atoms with Gasteiger partial charge in [-0.15, -0.1) is 10.2 Å². The van der Waals surface area contributed by atoms with Gasteiger partial charge in [0.15, 0.2) is 0 Å². The lowest BCUT2D eigenvalue weighted by atomic mass is 10.2. The molecule has 3 rings (SSSR count). The lowest BCUT2D eigenvalue weighted by Crippen LogP contribution is -2.37. The minimum absolute atomic E-state index is 0.0750. The third-order valence-corrected chi connectivity index (χ3v) is 3.72. The number of pyridine rings is 1. The van der Waals surface area contributed by atoms with Crippen LogP contribution in [0.2, 0.25) is 0 Å². The van der Waals surface area contributed by atoms with Crippen LogP contribution in [-0.4, -0.2) is 30.2 Å².